The Labute approximate surface area is 192 Å². The molecule has 4 aromatic carbocycles. The minimum Gasteiger partial charge on any atom is -0.326 e. The Bertz CT molecular complexity index is 1120. The van der Waals surface area contributed by atoms with Crippen LogP contribution in [0, 0.1) is 0 Å². The molecule has 0 saturated carbocycles. The van der Waals surface area contributed by atoms with Gasteiger partial charge in [-0.3, -0.25) is 4.99 Å². The highest BCUT2D eigenvalue weighted by atomic mass is 35.5. The average molecular weight is 441 g/mol. The average Bonchev–Trinajstić information content (AvgIpc) is 3.27. The van der Waals surface area contributed by atoms with Gasteiger partial charge in [0.25, 0.3) is 0 Å². The van der Waals surface area contributed by atoms with Crippen molar-refractivity contribution in [3.05, 3.63) is 131 Å². The number of halogens is 1. The highest BCUT2D eigenvalue weighted by molar-refractivity contribution is 8.15. The van der Waals surface area contributed by atoms with Gasteiger partial charge in [0, 0.05) is 22.0 Å². The third-order valence-corrected chi connectivity index (χ3v) is 6.84. The zero-order valence-corrected chi connectivity index (χ0v) is 18.4. The lowest BCUT2D eigenvalue weighted by molar-refractivity contribution is 0.694. The molecule has 0 saturated heterocycles. The van der Waals surface area contributed by atoms with Crippen molar-refractivity contribution in [1.29, 1.82) is 0 Å². The third kappa shape index (κ3) is 4.25. The lowest BCUT2D eigenvalue weighted by Crippen LogP contribution is -2.31. The molecule has 0 radical (unpaired) electrons. The van der Waals surface area contributed by atoms with Crippen LogP contribution >= 0.6 is 23.4 Å². The van der Waals surface area contributed by atoms with Crippen LogP contribution in [0.3, 0.4) is 0 Å². The molecule has 0 fully saturated rings. The van der Waals surface area contributed by atoms with Gasteiger partial charge in [-0.05, 0) is 42.0 Å². The predicted octanol–water partition coefficient (Wildman–Crippen LogP) is 7.74. The van der Waals surface area contributed by atoms with E-state index in [9.17, 15) is 0 Å². The van der Waals surface area contributed by atoms with E-state index in [4.69, 9.17) is 16.6 Å². The molecule has 0 amide bonds. The van der Waals surface area contributed by atoms with Crippen LogP contribution in [0.25, 0.3) is 0 Å². The Morgan fingerprint density at radius 1 is 0.645 bits per heavy atom. The molecule has 0 spiro atoms. The molecule has 1 heterocycles. The second kappa shape index (κ2) is 9.01. The topological polar surface area (TPSA) is 15.6 Å². The summed E-state index contributed by atoms with van der Waals surface area (Å²) in [5.74, 6) is 0. The molecule has 31 heavy (non-hydrogen) atoms. The van der Waals surface area contributed by atoms with Gasteiger partial charge in [-0.2, -0.15) is 0 Å². The van der Waals surface area contributed by atoms with E-state index in [2.05, 4.69) is 95.9 Å². The van der Waals surface area contributed by atoms with Gasteiger partial charge in [0.1, 0.15) is 16.5 Å². The van der Waals surface area contributed by atoms with Gasteiger partial charge in [-0.1, -0.05) is 102 Å². The number of nitrogens with zero attached hydrogens (tertiary/aromatic N) is 2. The molecule has 0 aromatic heterocycles. The van der Waals surface area contributed by atoms with Gasteiger partial charge in [0.05, 0.1) is 0 Å². The van der Waals surface area contributed by atoms with Crippen molar-refractivity contribution in [1.82, 2.24) is 0 Å². The number of rotatable bonds is 5. The molecule has 1 aliphatic heterocycles. The standard InChI is InChI=1S/C27H21ClN2S/c28-22-18-16-21(17-19-22)26-29-25(20-10-4-1-5-11-20)27(31-26)30(23-12-6-2-7-13-23)24-14-8-3-9-15-24/h1-19,25,27H/t25-,27+/m1/s1. The molecule has 1 aliphatic rings. The fraction of sp³-hybridized carbons (Fsp3) is 0.0741. The van der Waals surface area contributed by atoms with E-state index in [0.717, 1.165) is 27.0 Å². The van der Waals surface area contributed by atoms with Crippen LogP contribution in [0.5, 0.6) is 0 Å². The van der Waals surface area contributed by atoms with Crippen molar-refractivity contribution in [2.75, 3.05) is 4.90 Å². The molecule has 0 N–H and O–H groups in total. The summed E-state index contributed by atoms with van der Waals surface area (Å²) >= 11 is 7.93. The Balaban J connectivity index is 1.61. The number of hydrogen-bond donors (Lipinski definition) is 0. The summed E-state index contributed by atoms with van der Waals surface area (Å²) in [6.07, 6.45) is 0. The van der Waals surface area contributed by atoms with Gasteiger partial charge in [-0.15, -0.1) is 0 Å². The van der Waals surface area contributed by atoms with Crippen molar-refractivity contribution in [2.24, 2.45) is 4.99 Å². The van der Waals surface area contributed by atoms with Crippen LogP contribution in [0.4, 0.5) is 11.4 Å². The van der Waals surface area contributed by atoms with Crippen molar-refractivity contribution in [2.45, 2.75) is 11.4 Å². The molecular weight excluding hydrogens is 420 g/mol. The Kier molecular flexibility index (Phi) is 5.79. The zero-order chi connectivity index (χ0) is 21.0. The molecule has 4 aromatic rings. The fourth-order valence-electron chi connectivity index (χ4n) is 3.84. The van der Waals surface area contributed by atoms with Crippen LogP contribution in [0.1, 0.15) is 17.2 Å². The Hall–Kier alpha value is -3.01. The predicted molar refractivity (Wildman–Crippen MR) is 134 cm³/mol. The maximum atomic E-state index is 6.13. The minimum absolute atomic E-state index is 0.00251. The van der Waals surface area contributed by atoms with Crippen LogP contribution in [0.15, 0.2) is 120 Å². The first-order chi connectivity index (χ1) is 15.3. The van der Waals surface area contributed by atoms with Crippen molar-refractivity contribution < 1.29 is 0 Å². The smallest absolute Gasteiger partial charge is 0.112 e. The van der Waals surface area contributed by atoms with E-state index in [1.165, 1.54) is 5.56 Å². The first-order valence-corrected chi connectivity index (χ1v) is 11.5. The lowest BCUT2D eigenvalue weighted by atomic mass is 10.1. The summed E-state index contributed by atoms with van der Waals surface area (Å²) in [7, 11) is 0. The van der Waals surface area contributed by atoms with Gasteiger partial charge >= 0.3 is 0 Å². The summed E-state index contributed by atoms with van der Waals surface area (Å²) in [6.45, 7) is 0. The van der Waals surface area contributed by atoms with Crippen molar-refractivity contribution in [3.8, 4) is 0 Å². The van der Waals surface area contributed by atoms with Crippen LogP contribution in [-0.2, 0) is 0 Å². The third-order valence-electron chi connectivity index (χ3n) is 5.31. The normalized spacial score (nSPS) is 17.9. The number of aliphatic imine (C=N–C) groups is 1. The molecular formula is C27H21ClN2S. The summed E-state index contributed by atoms with van der Waals surface area (Å²) < 4.78 is 0. The second-order valence-corrected chi connectivity index (χ2v) is 8.89. The van der Waals surface area contributed by atoms with Crippen LogP contribution in [-0.4, -0.2) is 10.4 Å². The van der Waals surface area contributed by atoms with Gasteiger partial charge in [0.2, 0.25) is 0 Å². The SMILES string of the molecule is Clc1ccc(C2=N[C@H](c3ccccc3)[C@@H](N(c3ccccc3)c3ccccc3)S2)cc1. The maximum absolute atomic E-state index is 6.13. The van der Waals surface area contributed by atoms with Crippen LogP contribution < -0.4 is 4.90 Å². The van der Waals surface area contributed by atoms with Crippen LogP contribution in [0.2, 0.25) is 5.02 Å². The van der Waals surface area contributed by atoms with E-state index in [0.29, 0.717) is 0 Å². The molecule has 2 nitrogen and oxygen atoms in total. The number of thioether (sulfide) groups is 1. The quantitative estimate of drug-likeness (QED) is 0.315. The van der Waals surface area contributed by atoms with Gasteiger partial charge in [0.15, 0.2) is 0 Å². The first-order valence-electron chi connectivity index (χ1n) is 10.2. The van der Waals surface area contributed by atoms with E-state index >= 15 is 0 Å². The second-order valence-electron chi connectivity index (χ2n) is 7.35. The summed E-state index contributed by atoms with van der Waals surface area (Å²) in [6, 6.07) is 39.6. The number of para-hydroxylation sites is 2. The number of hydrogen-bond acceptors (Lipinski definition) is 3. The Morgan fingerprint density at radius 2 is 1.16 bits per heavy atom. The molecule has 0 unspecified atom stereocenters. The molecule has 152 valence electrons. The number of anilines is 2. The van der Waals surface area contributed by atoms with Gasteiger partial charge in [-0.25, -0.2) is 0 Å². The van der Waals surface area contributed by atoms with Crippen molar-refractivity contribution in [3.63, 3.8) is 0 Å². The van der Waals surface area contributed by atoms with E-state index in [1.54, 1.807) is 11.8 Å². The monoisotopic (exact) mass is 440 g/mol. The fourth-order valence-corrected chi connectivity index (χ4v) is 5.33. The van der Waals surface area contributed by atoms with Crippen molar-refractivity contribution >= 4 is 39.8 Å². The highest BCUT2D eigenvalue weighted by Gasteiger charge is 2.37. The lowest BCUT2D eigenvalue weighted by Gasteiger charge is -2.33. The van der Waals surface area contributed by atoms with E-state index in [1.807, 2.05) is 24.3 Å². The highest BCUT2D eigenvalue weighted by Crippen LogP contribution is 2.46. The number of benzene rings is 4. The first kappa shape index (κ1) is 19.9. The largest absolute Gasteiger partial charge is 0.326 e. The summed E-state index contributed by atoms with van der Waals surface area (Å²) in [5, 5.41) is 1.85. The Morgan fingerprint density at radius 3 is 1.71 bits per heavy atom. The van der Waals surface area contributed by atoms with E-state index < -0.39 is 0 Å². The molecule has 2 atom stereocenters. The van der Waals surface area contributed by atoms with E-state index in [-0.39, 0.29) is 11.4 Å². The maximum Gasteiger partial charge on any atom is 0.112 e. The van der Waals surface area contributed by atoms with Gasteiger partial charge < -0.3 is 4.90 Å². The molecule has 0 aliphatic carbocycles. The molecule has 0 bridgehead atoms. The molecule has 5 rings (SSSR count). The molecule has 4 heteroatoms. The summed E-state index contributed by atoms with van der Waals surface area (Å²) in [5.41, 5.74) is 4.61. The zero-order valence-electron chi connectivity index (χ0n) is 16.8. The summed E-state index contributed by atoms with van der Waals surface area (Å²) in [4.78, 5) is 7.60. The minimum atomic E-state index is -0.00251.